The first-order valence-corrected chi connectivity index (χ1v) is 5.63. The number of hydrogen-bond acceptors (Lipinski definition) is 4. The van der Waals surface area contributed by atoms with E-state index in [-0.39, 0.29) is 12.6 Å². The van der Waals surface area contributed by atoms with Gasteiger partial charge in [0.15, 0.2) is 0 Å². The molecule has 1 saturated heterocycles. The zero-order chi connectivity index (χ0) is 11.5. The van der Waals surface area contributed by atoms with Crippen LogP contribution in [-0.4, -0.2) is 36.4 Å². The van der Waals surface area contributed by atoms with Crippen LogP contribution in [0.4, 0.5) is 5.82 Å². The molecule has 1 aromatic heterocycles. The molecule has 2 rings (SSSR count). The lowest BCUT2D eigenvalue weighted by molar-refractivity contribution is 0.244. The standard InChI is InChI=1S/C12H18N2O2/c1-9-5-6-14(11(9)8-15)12-4-3-10(16-2)7-13-12/h3-4,7,9,11,15H,5-6,8H2,1-2H3. The van der Waals surface area contributed by atoms with Crippen LogP contribution in [0.5, 0.6) is 5.75 Å². The first-order chi connectivity index (χ1) is 7.76. The smallest absolute Gasteiger partial charge is 0.137 e. The van der Waals surface area contributed by atoms with Gasteiger partial charge in [0.2, 0.25) is 0 Å². The Labute approximate surface area is 95.9 Å². The highest BCUT2D eigenvalue weighted by atomic mass is 16.5. The van der Waals surface area contributed by atoms with E-state index in [1.165, 1.54) is 0 Å². The Bertz CT molecular complexity index is 339. The first-order valence-electron chi connectivity index (χ1n) is 5.63. The molecular formula is C12H18N2O2. The summed E-state index contributed by atoms with van der Waals surface area (Å²) in [5, 5.41) is 9.37. The third-order valence-electron chi connectivity index (χ3n) is 3.32. The van der Waals surface area contributed by atoms with Gasteiger partial charge in [0.05, 0.1) is 26.0 Å². The van der Waals surface area contributed by atoms with E-state index in [4.69, 9.17) is 4.74 Å². The summed E-state index contributed by atoms with van der Waals surface area (Å²) >= 11 is 0. The van der Waals surface area contributed by atoms with E-state index in [9.17, 15) is 5.11 Å². The second kappa shape index (κ2) is 4.70. The molecule has 0 bridgehead atoms. The maximum atomic E-state index is 9.37. The minimum atomic E-state index is 0.189. The van der Waals surface area contributed by atoms with Gasteiger partial charge in [0, 0.05) is 6.54 Å². The normalized spacial score (nSPS) is 24.8. The molecule has 0 aromatic carbocycles. The summed E-state index contributed by atoms with van der Waals surface area (Å²) in [4.78, 5) is 6.52. The van der Waals surface area contributed by atoms with Crippen LogP contribution >= 0.6 is 0 Å². The van der Waals surface area contributed by atoms with Crippen molar-refractivity contribution in [3.8, 4) is 5.75 Å². The van der Waals surface area contributed by atoms with E-state index in [0.717, 1.165) is 24.5 Å². The molecule has 1 aliphatic heterocycles. The summed E-state index contributed by atoms with van der Waals surface area (Å²) in [5.74, 6) is 2.20. The number of hydrogen-bond donors (Lipinski definition) is 1. The van der Waals surface area contributed by atoms with Crippen LogP contribution < -0.4 is 9.64 Å². The van der Waals surface area contributed by atoms with E-state index >= 15 is 0 Å². The summed E-state index contributed by atoms with van der Waals surface area (Å²) in [6.07, 6.45) is 2.83. The minimum absolute atomic E-state index is 0.189. The van der Waals surface area contributed by atoms with Gasteiger partial charge in [-0.1, -0.05) is 6.92 Å². The molecule has 88 valence electrons. The number of methoxy groups -OCH3 is 1. The lowest BCUT2D eigenvalue weighted by Crippen LogP contribution is -2.35. The number of aromatic nitrogens is 1. The number of pyridine rings is 1. The molecule has 0 radical (unpaired) electrons. The second-order valence-electron chi connectivity index (χ2n) is 4.27. The fourth-order valence-corrected chi connectivity index (χ4v) is 2.23. The number of aliphatic hydroxyl groups excluding tert-OH is 1. The highest BCUT2D eigenvalue weighted by Crippen LogP contribution is 2.28. The van der Waals surface area contributed by atoms with Crippen LogP contribution in [-0.2, 0) is 0 Å². The predicted octanol–water partition coefficient (Wildman–Crippen LogP) is 1.30. The Balaban J connectivity index is 2.17. The number of ether oxygens (including phenoxy) is 1. The molecule has 0 aliphatic carbocycles. The van der Waals surface area contributed by atoms with E-state index < -0.39 is 0 Å². The largest absolute Gasteiger partial charge is 0.495 e. The first kappa shape index (κ1) is 11.2. The van der Waals surface area contributed by atoms with Gasteiger partial charge in [-0.25, -0.2) is 4.98 Å². The maximum absolute atomic E-state index is 9.37. The fraction of sp³-hybridized carbons (Fsp3) is 0.583. The Kier molecular flexibility index (Phi) is 3.29. The molecule has 0 spiro atoms. The molecule has 1 N–H and O–H groups in total. The summed E-state index contributed by atoms with van der Waals surface area (Å²) in [7, 11) is 1.63. The van der Waals surface area contributed by atoms with E-state index in [0.29, 0.717) is 5.92 Å². The number of nitrogens with zero attached hydrogens (tertiary/aromatic N) is 2. The summed E-state index contributed by atoms with van der Waals surface area (Å²) in [5.41, 5.74) is 0. The molecule has 1 aromatic rings. The SMILES string of the molecule is COc1ccc(N2CCC(C)C2CO)nc1. The topological polar surface area (TPSA) is 45.6 Å². The van der Waals surface area contributed by atoms with Gasteiger partial charge < -0.3 is 14.7 Å². The number of rotatable bonds is 3. The molecule has 2 atom stereocenters. The minimum Gasteiger partial charge on any atom is -0.495 e. The molecule has 2 heterocycles. The summed E-state index contributed by atoms with van der Waals surface area (Å²) in [6.45, 7) is 3.32. The van der Waals surface area contributed by atoms with Crippen molar-refractivity contribution in [2.24, 2.45) is 5.92 Å². The average Bonchev–Trinajstić information content (AvgIpc) is 2.70. The number of aliphatic hydroxyl groups is 1. The molecule has 2 unspecified atom stereocenters. The Morgan fingerprint density at radius 1 is 1.56 bits per heavy atom. The van der Waals surface area contributed by atoms with Crippen molar-refractivity contribution < 1.29 is 9.84 Å². The van der Waals surface area contributed by atoms with Gasteiger partial charge in [-0.2, -0.15) is 0 Å². The Morgan fingerprint density at radius 2 is 2.38 bits per heavy atom. The van der Waals surface area contributed by atoms with Gasteiger partial charge in [0.1, 0.15) is 11.6 Å². The average molecular weight is 222 g/mol. The fourth-order valence-electron chi connectivity index (χ4n) is 2.23. The van der Waals surface area contributed by atoms with E-state index in [1.54, 1.807) is 13.3 Å². The van der Waals surface area contributed by atoms with Gasteiger partial charge in [0.25, 0.3) is 0 Å². The van der Waals surface area contributed by atoms with Crippen molar-refractivity contribution in [3.63, 3.8) is 0 Å². The van der Waals surface area contributed by atoms with Crippen LogP contribution in [0.2, 0.25) is 0 Å². The van der Waals surface area contributed by atoms with Crippen LogP contribution in [0.25, 0.3) is 0 Å². The van der Waals surface area contributed by atoms with Crippen molar-refractivity contribution in [1.29, 1.82) is 0 Å². The van der Waals surface area contributed by atoms with Crippen molar-refractivity contribution >= 4 is 5.82 Å². The van der Waals surface area contributed by atoms with Crippen LogP contribution in [0, 0.1) is 5.92 Å². The van der Waals surface area contributed by atoms with Crippen molar-refractivity contribution in [3.05, 3.63) is 18.3 Å². The maximum Gasteiger partial charge on any atom is 0.137 e. The zero-order valence-corrected chi connectivity index (χ0v) is 9.76. The lowest BCUT2D eigenvalue weighted by atomic mass is 10.0. The van der Waals surface area contributed by atoms with Crippen molar-refractivity contribution in [1.82, 2.24) is 4.98 Å². The monoisotopic (exact) mass is 222 g/mol. The van der Waals surface area contributed by atoms with Gasteiger partial charge in [-0.05, 0) is 24.5 Å². The Hall–Kier alpha value is -1.29. The molecule has 0 amide bonds. The molecule has 1 fully saturated rings. The van der Waals surface area contributed by atoms with E-state index in [1.807, 2.05) is 12.1 Å². The Morgan fingerprint density at radius 3 is 2.94 bits per heavy atom. The second-order valence-corrected chi connectivity index (χ2v) is 4.27. The van der Waals surface area contributed by atoms with Gasteiger partial charge in [-0.3, -0.25) is 0 Å². The van der Waals surface area contributed by atoms with Crippen molar-refractivity contribution in [2.75, 3.05) is 25.2 Å². The molecule has 1 aliphatic rings. The van der Waals surface area contributed by atoms with Crippen LogP contribution in [0.15, 0.2) is 18.3 Å². The number of anilines is 1. The molecule has 16 heavy (non-hydrogen) atoms. The molecule has 4 heteroatoms. The van der Waals surface area contributed by atoms with Crippen LogP contribution in [0.3, 0.4) is 0 Å². The summed E-state index contributed by atoms with van der Waals surface area (Å²) in [6, 6.07) is 4.04. The molecule has 0 saturated carbocycles. The summed E-state index contributed by atoms with van der Waals surface area (Å²) < 4.78 is 5.08. The van der Waals surface area contributed by atoms with Gasteiger partial charge >= 0.3 is 0 Å². The highest BCUT2D eigenvalue weighted by molar-refractivity contribution is 5.43. The zero-order valence-electron chi connectivity index (χ0n) is 9.76. The quantitative estimate of drug-likeness (QED) is 0.837. The van der Waals surface area contributed by atoms with Gasteiger partial charge in [-0.15, -0.1) is 0 Å². The van der Waals surface area contributed by atoms with Crippen molar-refractivity contribution in [2.45, 2.75) is 19.4 Å². The molecular weight excluding hydrogens is 204 g/mol. The van der Waals surface area contributed by atoms with E-state index in [2.05, 4.69) is 16.8 Å². The third kappa shape index (κ3) is 1.97. The third-order valence-corrected chi connectivity index (χ3v) is 3.32. The molecule has 4 nitrogen and oxygen atoms in total. The highest BCUT2D eigenvalue weighted by Gasteiger charge is 2.31. The lowest BCUT2D eigenvalue weighted by Gasteiger charge is -2.26. The predicted molar refractivity (Wildman–Crippen MR) is 62.8 cm³/mol. The van der Waals surface area contributed by atoms with Crippen LogP contribution in [0.1, 0.15) is 13.3 Å².